The van der Waals surface area contributed by atoms with Crippen LogP contribution in [0.2, 0.25) is 0 Å². The van der Waals surface area contributed by atoms with Crippen LogP contribution in [0, 0.1) is 13.8 Å². The number of hydrogen-bond donors (Lipinski definition) is 0. The summed E-state index contributed by atoms with van der Waals surface area (Å²) in [6.07, 6.45) is 3.23. The maximum absolute atomic E-state index is 12.2. The maximum atomic E-state index is 12.2. The number of rotatable bonds is 5. The quantitative estimate of drug-likeness (QED) is 0.265. The highest BCUT2D eigenvalue weighted by molar-refractivity contribution is 6.06. The Balaban J connectivity index is 1.69. The number of ketones is 1. The zero-order valence-corrected chi connectivity index (χ0v) is 15.3. The van der Waals surface area contributed by atoms with Crippen LogP contribution in [-0.2, 0) is 0 Å². The molecule has 3 rings (SSSR count). The van der Waals surface area contributed by atoms with E-state index in [1.807, 2.05) is 56.3 Å². The van der Waals surface area contributed by atoms with Crippen molar-refractivity contribution in [2.45, 2.75) is 13.8 Å². The average molecular weight is 356 g/mol. The van der Waals surface area contributed by atoms with Crippen LogP contribution >= 0.6 is 0 Å². The van der Waals surface area contributed by atoms with Crippen molar-refractivity contribution < 1.29 is 14.3 Å². The standard InChI is InChI=1S/C24H20O3/c1-17-6-11-20(12-7-17)23(25)15-10-19-4-3-5-22(16-19)27-24(26)21-13-8-18(2)9-14-21/h3-16H,1-2H3/b15-10+. The molecule has 0 radical (unpaired) electrons. The van der Waals surface area contributed by atoms with Crippen molar-refractivity contribution in [3.8, 4) is 5.75 Å². The number of carbonyl (C=O) groups excluding carboxylic acids is 2. The van der Waals surface area contributed by atoms with E-state index in [1.165, 1.54) is 6.08 Å². The highest BCUT2D eigenvalue weighted by atomic mass is 16.5. The van der Waals surface area contributed by atoms with Crippen LogP contribution in [0.25, 0.3) is 6.08 Å². The molecule has 0 spiro atoms. The number of hydrogen-bond acceptors (Lipinski definition) is 3. The molecule has 27 heavy (non-hydrogen) atoms. The Labute approximate surface area is 158 Å². The fraction of sp³-hybridized carbons (Fsp3) is 0.0833. The van der Waals surface area contributed by atoms with E-state index in [1.54, 1.807) is 36.4 Å². The van der Waals surface area contributed by atoms with Gasteiger partial charge in [0.2, 0.25) is 0 Å². The summed E-state index contributed by atoms with van der Waals surface area (Å²) < 4.78 is 5.43. The summed E-state index contributed by atoms with van der Waals surface area (Å²) in [4.78, 5) is 24.5. The molecular weight excluding hydrogens is 336 g/mol. The van der Waals surface area contributed by atoms with Crippen molar-refractivity contribution >= 4 is 17.8 Å². The fourth-order valence-electron chi connectivity index (χ4n) is 2.52. The van der Waals surface area contributed by atoms with E-state index in [2.05, 4.69) is 0 Å². The second-order valence-electron chi connectivity index (χ2n) is 6.39. The number of benzene rings is 3. The Hall–Kier alpha value is -3.46. The SMILES string of the molecule is Cc1ccc(C(=O)/C=C/c2cccc(OC(=O)c3ccc(C)cc3)c2)cc1. The van der Waals surface area contributed by atoms with Gasteiger partial charge >= 0.3 is 5.97 Å². The molecule has 3 nitrogen and oxygen atoms in total. The lowest BCUT2D eigenvalue weighted by Gasteiger charge is -2.05. The first-order valence-corrected chi connectivity index (χ1v) is 8.69. The molecule has 0 aliphatic rings. The molecule has 134 valence electrons. The zero-order chi connectivity index (χ0) is 19.2. The van der Waals surface area contributed by atoms with Gasteiger partial charge in [-0.15, -0.1) is 0 Å². The Bertz CT molecular complexity index is 981. The largest absolute Gasteiger partial charge is 0.423 e. The molecule has 0 aromatic heterocycles. The molecule has 0 saturated carbocycles. The molecule has 0 N–H and O–H groups in total. The number of ether oxygens (including phenoxy) is 1. The molecule has 0 bridgehead atoms. The summed E-state index contributed by atoms with van der Waals surface area (Å²) >= 11 is 0. The lowest BCUT2D eigenvalue weighted by atomic mass is 10.1. The van der Waals surface area contributed by atoms with Crippen molar-refractivity contribution in [1.29, 1.82) is 0 Å². The van der Waals surface area contributed by atoms with Crippen molar-refractivity contribution in [3.05, 3.63) is 107 Å². The third-order valence-electron chi connectivity index (χ3n) is 4.12. The topological polar surface area (TPSA) is 43.4 Å². The highest BCUT2D eigenvalue weighted by Crippen LogP contribution is 2.17. The lowest BCUT2D eigenvalue weighted by molar-refractivity contribution is 0.0734. The summed E-state index contributed by atoms with van der Waals surface area (Å²) in [7, 11) is 0. The molecule has 3 heteroatoms. The third kappa shape index (κ3) is 5.02. The smallest absolute Gasteiger partial charge is 0.343 e. The van der Waals surface area contributed by atoms with E-state index >= 15 is 0 Å². The summed E-state index contributed by atoms with van der Waals surface area (Å²) in [6.45, 7) is 3.94. The summed E-state index contributed by atoms with van der Waals surface area (Å²) in [5, 5.41) is 0. The minimum atomic E-state index is -0.410. The molecule has 0 saturated heterocycles. The number of aryl methyl sites for hydroxylation is 2. The molecule has 0 aliphatic heterocycles. The predicted molar refractivity (Wildman–Crippen MR) is 107 cm³/mol. The Kier molecular flexibility index (Phi) is 5.62. The molecule has 0 amide bonds. The van der Waals surface area contributed by atoms with Crippen LogP contribution in [0.15, 0.2) is 78.9 Å². The van der Waals surface area contributed by atoms with Gasteiger partial charge in [-0.3, -0.25) is 4.79 Å². The summed E-state index contributed by atoms with van der Waals surface area (Å²) in [6, 6.07) is 21.7. The molecule has 3 aromatic rings. The first-order chi connectivity index (χ1) is 13.0. The van der Waals surface area contributed by atoms with Gasteiger partial charge < -0.3 is 4.74 Å². The highest BCUT2D eigenvalue weighted by Gasteiger charge is 2.08. The fourth-order valence-corrected chi connectivity index (χ4v) is 2.52. The van der Waals surface area contributed by atoms with Gasteiger partial charge in [-0.1, -0.05) is 65.7 Å². The first kappa shape index (κ1) is 18.3. The molecule has 3 aromatic carbocycles. The van der Waals surface area contributed by atoms with Gasteiger partial charge in [0.05, 0.1) is 5.56 Å². The average Bonchev–Trinajstić information content (AvgIpc) is 2.67. The van der Waals surface area contributed by atoms with Gasteiger partial charge in [-0.2, -0.15) is 0 Å². The maximum Gasteiger partial charge on any atom is 0.343 e. The van der Waals surface area contributed by atoms with Crippen molar-refractivity contribution in [2.75, 3.05) is 0 Å². The molecule has 0 atom stereocenters. The molecule has 0 unspecified atom stereocenters. The van der Waals surface area contributed by atoms with E-state index in [-0.39, 0.29) is 5.78 Å². The minimum absolute atomic E-state index is 0.0722. The third-order valence-corrected chi connectivity index (χ3v) is 4.12. The summed E-state index contributed by atoms with van der Waals surface area (Å²) in [5.41, 5.74) is 4.11. The van der Waals surface area contributed by atoms with E-state index in [4.69, 9.17) is 4.74 Å². The van der Waals surface area contributed by atoms with Gasteiger partial charge in [-0.05, 0) is 49.8 Å². The van der Waals surface area contributed by atoms with Crippen LogP contribution in [0.3, 0.4) is 0 Å². The van der Waals surface area contributed by atoms with E-state index < -0.39 is 5.97 Å². The molecule has 0 aliphatic carbocycles. The monoisotopic (exact) mass is 356 g/mol. The number of carbonyl (C=O) groups is 2. The molecule has 0 fully saturated rings. The van der Waals surface area contributed by atoms with Crippen LogP contribution < -0.4 is 4.74 Å². The van der Waals surface area contributed by atoms with Gasteiger partial charge in [0, 0.05) is 5.56 Å². The second kappa shape index (κ2) is 8.28. The Morgan fingerprint density at radius 1 is 0.778 bits per heavy atom. The second-order valence-corrected chi connectivity index (χ2v) is 6.39. The van der Waals surface area contributed by atoms with E-state index in [0.29, 0.717) is 16.9 Å². The zero-order valence-electron chi connectivity index (χ0n) is 15.3. The normalized spacial score (nSPS) is 10.7. The number of allylic oxidation sites excluding steroid dienone is 1. The van der Waals surface area contributed by atoms with Gasteiger partial charge in [-0.25, -0.2) is 4.79 Å². The minimum Gasteiger partial charge on any atom is -0.423 e. The molecular formula is C24H20O3. The van der Waals surface area contributed by atoms with Crippen molar-refractivity contribution in [1.82, 2.24) is 0 Å². The Morgan fingerprint density at radius 2 is 1.37 bits per heavy atom. The lowest BCUT2D eigenvalue weighted by Crippen LogP contribution is -2.08. The summed E-state index contributed by atoms with van der Waals surface area (Å²) in [5.74, 6) is -0.0468. The Morgan fingerprint density at radius 3 is 2.00 bits per heavy atom. The first-order valence-electron chi connectivity index (χ1n) is 8.69. The number of esters is 1. The predicted octanol–water partition coefficient (Wildman–Crippen LogP) is 5.42. The van der Waals surface area contributed by atoms with E-state index in [0.717, 1.165) is 16.7 Å². The van der Waals surface area contributed by atoms with Gasteiger partial charge in [0.25, 0.3) is 0 Å². The van der Waals surface area contributed by atoms with Gasteiger partial charge in [0.15, 0.2) is 5.78 Å². The van der Waals surface area contributed by atoms with Crippen LogP contribution in [0.5, 0.6) is 5.75 Å². The van der Waals surface area contributed by atoms with Crippen LogP contribution in [0.1, 0.15) is 37.4 Å². The van der Waals surface area contributed by atoms with Crippen molar-refractivity contribution in [3.63, 3.8) is 0 Å². The van der Waals surface area contributed by atoms with Crippen LogP contribution in [0.4, 0.5) is 0 Å². The van der Waals surface area contributed by atoms with E-state index in [9.17, 15) is 9.59 Å². The van der Waals surface area contributed by atoms with Crippen LogP contribution in [-0.4, -0.2) is 11.8 Å². The van der Waals surface area contributed by atoms with Gasteiger partial charge in [0.1, 0.15) is 5.75 Å². The van der Waals surface area contributed by atoms with Crippen molar-refractivity contribution in [2.24, 2.45) is 0 Å². The molecule has 0 heterocycles.